The summed E-state index contributed by atoms with van der Waals surface area (Å²) >= 11 is 0. The van der Waals surface area contributed by atoms with E-state index in [2.05, 4.69) is 4.90 Å². The molecule has 104 valence electrons. The first-order valence-electron chi connectivity index (χ1n) is 6.73. The predicted molar refractivity (Wildman–Crippen MR) is 78.5 cm³/mol. The lowest BCUT2D eigenvalue weighted by molar-refractivity contribution is 0.0699. The Labute approximate surface area is 117 Å². The van der Waals surface area contributed by atoms with Crippen LogP contribution in [0.4, 0.5) is 5.69 Å². The van der Waals surface area contributed by atoms with Crippen LogP contribution in [0.3, 0.4) is 0 Å². The van der Waals surface area contributed by atoms with E-state index in [0.717, 1.165) is 36.0 Å². The quantitative estimate of drug-likeness (QED) is 0.932. The number of benzene rings is 2. The fourth-order valence-corrected chi connectivity index (χ4v) is 2.88. The molecule has 1 atom stereocenters. The van der Waals surface area contributed by atoms with E-state index in [0.29, 0.717) is 5.56 Å². The number of carboxylic acids is 1. The van der Waals surface area contributed by atoms with Crippen LogP contribution < -0.4 is 4.90 Å². The highest BCUT2D eigenvalue weighted by Gasteiger charge is 2.24. The maximum atomic E-state index is 11.3. The molecule has 0 amide bonds. The molecule has 0 aromatic heterocycles. The molecule has 2 aromatic rings. The summed E-state index contributed by atoms with van der Waals surface area (Å²) < 4.78 is 5.40. The molecular formula is C16H17NO3. The van der Waals surface area contributed by atoms with Gasteiger partial charge < -0.3 is 14.7 Å². The van der Waals surface area contributed by atoms with Crippen molar-refractivity contribution in [2.75, 3.05) is 25.1 Å². The van der Waals surface area contributed by atoms with E-state index in [4.69, 9.17) is 4.74 Å². The standard InChI is InChI=1S/C16H17NO3/c1-20-11-8-9-17(10-11)15-7-6-14(16(18)19)12-4-2-3-5-13(12)15/h2-7,11H,8-10H2,1H3,(H,18,19). The van der Waals surface area contributed by atoms with Crippen LogP contribution in [0.2, 0.25) is 0 Å². The van der Waals surface area contributed by atoms with Gasteiger partial charge in [0.2, 0.25) is 0 Å². The topological polar surface area (TPSA) is 49.8 Å². The number of methoxy groups -OCH3 is 1. The number of anilines is 1. The lowest BCUT2D eigenvalue weighted by Crippen LogP contribution is -2.22. The van der Waals surface area contributed by atoms with E-state index in [1.165, 1.54) is 0 Å². The lowest BCUT2D eigenvalue weighted by atomic mass is 10.0. The van der Waals surface area contributed by atoms with Gasteiger partial charge in [-0.25, -0.2) is 4.79 Å². The number of nitrogens with zero attached hydrogens (tertiary/aromatic N) is 1. The molecule has 1 fully saturated rings. The first-order chi connectivity index (χ1) is 9.70. The summed E-state index contributed by atoms with van der Waals surface area (Å²) in [6.45, 7) is 1.79. The second-order valence-corrected chi connectivity index (χ2v) is 5.08. The third-order valence-corrected chi connectivity index (χ3v) is 3.95. The van der Waals surface area contributed by atoms with Crippen molar-refractivity contribution in [3.63, 3.8) is 0 Å². The smallest absolute Gasteiger partial charge is 0.336 e. The Morgan fingerprint density at radius 3 is 2.65 bits per heavy atom. The van der Waals surface area contributed by atoms with Gasteiger partial charge in [-0.2, -0.15) is 0 Å². The minimum Gasteiger partial charge on any atom is -0.478 e. The maximum Gasteiger partial charge on any atom is 0.336 e. The van der Waals surface area contributed by atoms with Gasteiger partial charge in [0.15, 0.2) is 0 Å². The molecule has 0 saturated carbocycles. The Morgan fingerprint density at radius 2 is 2.00 bits per heavy atom. The lowest BCUT2D eigenvalue weighted by Gasteiger charge is -2.21. The van der Waals surface area contributed by atoms with Gasteiger partial charge in [0.1, 0.15) is 0 Å². The van der Waals surface area contributed by atoms with Gasteiger partial charge in [-0.15, -0.1) is 0 Å². The number of hydrogen-bond acceptors (Lipinski definition) is 3. The number of fused-ring (bicyclic) bond motifs is 1. The highest BCUT2D eigenvalue weighted by Crippen LogP contribution is 2.32. The van der Waals surface area contributed by atoms with Crippen LogP contribution in [0, 0.1) is 0 Å². The van der Waals surface area contributed by atoms with Crippen LogP contribution in [0.25, 0.3) is 10.8 Å². The molecule has 1 aliphatic rings. The Bertz CT molecular complexity index is 653. The van der Waals surface area contributed by atoms with Gasteiger partial charge in [-0.3, -0.25) is 0 Å². The minimum absolute atomic E-state index is 0.257. The second kappa shape index (κ2) is 5.13. The first kappa shape index (κ1) is 12.9. The van der Waals surface area contributed by atoms with Gasteiger partial charge in [0, 0.05) is 31.3 Å². The van der Waals surface area contributed by atoms with E-state index in [-0.39, 0.29) is 6.10 Å². The zero-order chi connectivity index (χ0) is 14.1. The average molecular weight is 271 g/mol. The molecule has 0 spiro atoms. The predicted octanol–water partition coefficient (Wildman–Crippen LogP) is 2.76. The highest BCUT2D eigenvalue weighted by atomic mass is 16.5. The largest absolute Gasteiger partial charge is 0.478 e. The SMILES string of the molecule is COC1CCN(c2ccc(C(=O)O)c3ccccc23)C1. The van der Waals surface area contributed by atoms with Crippen molar-refractivity contribution in [1.82, 2.24) is 0 Å². The second-order valence-electron chi connectivity index (χ2n) is 5.08. The number of ether oxygens (including phenoxy) is 1. The molecular weight excluding hydrogens is 254 g/mol. The summed E-state index contributed by atoms with van der Waals surface area (Å²) in [4.78, 5) is 13.6. The Kier molecular flexibility index (Phi) is 3.32. The molecule has 4 heteroatoms. The first-order valence-corrected chi connectivity index (χ1v) is 6.73. The Balaban J connectivity index is 2.09. The van der Waals surface area contributed by atoms with Crippen molar-refractivity contribution in [3.05, 3.63) is 42.0 Å². The molecule has 1 heterocycles. The van der Waals surface area contributed by atoms with Crippen LogP contribution in [-0.4, -0.2) is 37.4 Å². The molecule has 1 aliphatic heterocycles. The molecule has 1 saturated heterocycles. The third-order valence-electron chi connectivity index (χ3n) is 3.95. The number of rotatable bonds is 3. The van der Waals surface area contributed by atoms with Crippen LogP contribution >= 0.6 is 0 Å². The molecule has 1 N–H and O–H groups in total. The molecule has 0 aliphatic carbocycles. The van der Waals surface area contributed by atoms with Gasteiger partial charge in [0.25, 0.3) is 0 Å². The van der Waals surface area contributed by atoms with Gasteiger partial charge in [-0.05, 0) is 23.9 Å². The summed E-state index contributed by atoms with van der Waals surface area (Å²) in [7, 11) is 1.74. The van der Waals surface area contributed by atoms with Gasteiger partial charge in [0.05, 0.1) is 11.7 Å². The third kappa shape index (κ3) is 2.12. The van der Waals surface area contributed by atoms with E-state index in [1.54, 1.807) is 13.2 Å². The zero-order valence-electron chi connectivity index (χ0n) is 11.4. The van der Waals surface area contributed by atoms with E-state index in [1.807, 2.05) is 30.3 Å². The molecule has 0 radical (unpaired) electrons. The number of carbonyl (C=O) groups is 1. The van der Waals surface area contributed by atoms with E-state index >= 15 is 0 Å². The molecule has 20 heavy (non-hydrogen) atoms. The summed E-state index contributed by atoms with van der Waals surface area (Å²) in [5.41, 5.74) is 1.44. The molecule has 0 bridgehead atoms. The number of aromatic carboxylic acids is 1. The maximum absolute atomic E-state index is 11.3. The Hall–Kier alpha value is -2.07. The summed E-state index contributed by atoms with van der Waals surface area (Å²) in [6.07, 6.45) is 1.26. The number of hydrogen-bond donors (Lipinski definition) is 1. The van der Waals surface area contributed by atoms with Crippen molar-refractivity contribution in [2.24, 2.45) is 0 Å². The van der Waals surface area contributed by atoms with Crippen molar-refractivity contribution in [2.45, 2.75) is 12.5 Å². The molecule has 1 unspecified atom stereocenters. The molecule has 2 aromatic carbocycles. The van der Waals surface area contributed by atoms with Crippen LogP contribution in [0.5, 0.6) is 0 Å². The van der Waals surface area contributed by atoms with Crippen molar-refractivity contribution in [1.29, 1.82) is 0 Å². The van der Waals surface area contributed by atoms with Crippen LogP contribution in [0.1, 0.15) is 16.8 Å². The Morgan fingerprint density at radius 1 is 1.25 bits per heavy atom. The van der Waals surface area contributed by atoms with Crippen molar-refractivity contribution in [3.8, 4) is 0 Å². The highest BCUT2D eigenvalue weighted by molar-refractivity contribution is 6.07. The average Bonchev–Trinajstić information content (AvgIpc) is 2.94. The van der Waals surface area contributed by atoms with Gasteiger partial charge >= 0.3 is 5.97 Å². The normalized spacial score (nSPS) is 18.6. The van der Waals surface area contributed by atoms with Crippen LogP contribution in [-0.2, 0) is 4.74 Å². The fourth-order valence-electron chi connectivity index (χ4n) is 2.88. The molecule has 4 nitrogen and oxygen atoms in total. The van der Waals surface area contributed by atoms with Crippen molar-refractivity contribution < 1.29 is 14.6 Å². The minimum atomic E-state index is -0.885. The monoisotopic (exact) mass is 271 g/mol. The summed E-state index contributed by atoms with van der Waals surface area (Å²) in [5, 5.41) is 11.1. The van der Waals surface area contributed by atoms with Crippen molar-refractivity contribution >= 4 is 22.4 Å². The fraction of sp³-hybridized carbons (Fsp3) is 0.312. The molecule has 3 rings (SSSR count). The zero-order valence-corrected chi connectivity index (χ0v) is 11.4. The number of carboxylic acid groups (broad SMARTS) is 1. The summed E-state index contributed by atoms with van der Waals surface area (Å²) in [5.74, 6) is -0.885. The van der Waals surface area contributed by atoms with Gasteiger partial charge in [-0.1, -0.05) is 24.3 Å². The summed E-state index contributed by atoms with van der Waals surface area (Å²) in [6, 6.07) is 11.3. The van der Waals surface area contributed by atoms with Crippen LogP contribution in [0.15, 0.2) is 36.4 Å². The van der Waals surface area contributed by atoms with E-state index in [9.17, 15) is 9.90 Å². The van der Waals surface area contributed by atoms with E-state index < -0.39 is 5.97 Å².